The summed E-state index contributed by atoms with van der Waals surface area (Å²) in [5.41, 5.74) is 0.657. The van der Waals surface area contributed by atoms with E-state index in [-0.39, 0.29) is 18.6 Å². The maximum Gasteiger partial charge on any atom is 0.257 e. The van der Waals surface area contributed by atoms with Crippen LogP contribution in [0.1, 0.15) is 53.0 Å². The molecule has 9 heteroatoms. The lowest BCUT2D eigenvalue weighted by Gasteiger charge is -2.41. The SMILES string of the molecule is CC(C)(O)c1ccc2c(c1)C(=O)N(Cc1ccc(Cl)cn1)C2(OC1CCS(=O)C1)c1ccc(Cl)cc1. The van der Waals surface area contributed by atoms with Crippen molar-refractivity contribution in [3.8, 4) is 0 Å². The Morgan fingerprint density at radius 1 is 1.14 bits per heavy atom. The van der Waals surface area contributed by atoms with E-state index in [1.807, 2.05) is 24.3 Å². The summed E-state index contributed by atoms with van der Waals surface area (Å²) in [6, 6.07) is 16.1. The molecule has 0 aliphatic carbocycles. The van der Waals surface area contributed by atoms with Gasteiger partial charge in [0.2, 0.25) is 0 Å². The Morgan fingerprint density at radius 2 is 1.86 bits per heavy atom. The van der Waals surface area contributed by atoms with Crippen LogP contribution in [0.15, 0.2) is 60.8 Å². The number of halogens is 2. The highest BCUT2D eigenvalue weighted by atomic mass is 35.5. The molecule has 0 spiro atoms. The minimum atomic E-state index is -1.30. The van der Waals surface area contributed by atoms with Gasteiger partial charge in [-0.15, -0.1) is 0 Å². The number of hydrogen-bond acceptors (Lipinski definition) is 5. The van der Waals surface area contributed by atoms with Crippen LogP contribution in [0, 0.1) is 0 Å². The lowest BCUT2D eigenvalue weighted by molar-refractivity contribution is -0.140. The summed E-state index contributed by atoms with van der Waals surface area (Å²) in [6.07, 6.45) is 1.86. The molecule has 1 fully saturated rings. The maximum atomic E-state index is 14.1. The van der Waals surface area contributed by atoms with E-state index in [0.29, 0.717) is 50.4 Å². The van der Waals surface area contributed by atoms with Gasteiger partial charge in [-0.1, -0.05) is 47.5 Å². The van der Waals surface area contributed by atoms with Crippen molar-refractivity contribution in [3.05, 3.63) is 98.8 Å². The van der Waals surface area contributed by atoms with Crippen molar-refractivity contribution >= 4 is 39.9 Å². The van der Waals surface area contributed by atoms with E-state index in [0.717, 1.165) is 5.56 Å². The van der Waals surface area contributed by atoms with Crippen molar-refractivity contribution in [1.82, 2.24) is 9.88 Å². The number of benzene rings is 2. The van der Waals surface area contributed by atoms with Crippen LogP contribution in [-0.4, -0.2) is 42.7 Å². The fraction of sp³-hybridized carbons (Fsp3) is 0.333. The molecule has 188 valence electrons. The van der Waals surface area contributed by atoms with Crippen LogP contribution in [0.25, 0.3) is 0 Å². The predicted molar refractivity (Wildman–Crippen MR) is 140 cm³/mol. The molecule has 3 atom stereocenters. The molecular formula is C27H26Cl2N2O4S. The van der Waals surface area contributed by atoms with E-state index in [1.165, 1.54) is 0 Å². The number of amides is 1. The van der Waals surface area contributed by atoms with Gasteiger partial charge in [-0.3, -0.25) is 18.9 Å². The summed E-state index contributed by atoms with van der Waals surface area (Å²) in [5, 5.41) is 11.7. The second kappa shape index (κ2) is 9.54. The summed E-state index contributed by atoms with van der Waals surface area (Å²) in [6.45, 7) is 3.52. The molecule has 1 aromatic heterocycles. The molecular weight excluding hydrogens is 519 g/mol. The molecule has 2 aromatic carbocycles. The molecule has 1 N–H and O–H groups in total. The fourth-order valence-corrected chi connectivity index (χ4v) is 6.41. The third kappa shape index (κ3) is 4.59. The number of carbonyl (C=O) groups is 1. The molecule has 0 bridgehead atoms. The number of aliphatic hydroxyl groups is 1. The molecule has 1 saturated heterocycles. The number of nitrogens with zero attached hydrogens (tertiary/aromatic N) is 2. The van der Waals surface area contributed by atoms with Crippen molar-refractivity contribution in [3.63, 3.8) is 0 Å². The predicted octanol–water partition coefficient (Wildman–Crippen LogP) is 5.01. The van der Waals surface area contributed by atoms with E-state index >= 15 is 0 Å². The van der Waals surface area contributed by atoms with Crippen molar-refractivity contribution in [2.45, 2.75) is 44.2 Å². The topological polar surface area (TPSA) is 79.7 Å². The van der Waals surface area contributed by atoms with Gasteiger partial charge in [0.15, 0.2) is 5.72 Å². The van der Waals surface area contributed by atoms with Gasteiger partial charge in [0.05, 0.1) is 29.0 Å². The minimum absolute atomic E-state index is 0.154. The summed E-state index contributed by atoms with van der Waals surface area (Å²) in [4.78, 5) is 20.1. The highest BCUT2D eigenvalue weighted by molar-refractivity contribution is 7.85. The van der Waals surface area contributed by atoms with Crippen LogP contribution in [0.4, 0.5) is 0 Å². The van der Waals surface area contributed by atoms with Gasteiger partial charge in [0, 0.05) is 50.2 Å². The number of hydrogen-bond donors (Lipinski definition) is 1. The molecule has 5 rings (SSSR count). The number of rotatable bonds is 6. The van der Waals surface area contributed by atoms with Crippen LogP contribution in [0.2, 0.25) is 10.0 Å². The average Bonchev–Trinajstić information content (AvgIpc) is 3.35. The number of aromatic nitrogens is 1. The third-order valence-corrected chi connectivity index (χ3v) is 8.58. The second-order valence-corrected chi connectivity index (χ2v) is 12.2. The molecule has 3 heterocycles. The lowest BCUT2D eigenvalue weighted by atomic mass is 9.89. The number of pyridine rings is 1. The minimum Gasteiger partial charge on any atom is -0.386 e. The summed E-state index contributed by atoms with van der Waals surface area (Å²) >= 11 is 12.3. The normalized spacial score (nSPS) is 23.8. The van der Waals surface area contributed by atoms with E-state index in [4.69, 9.17) is 27.9 Å². The Morgan fingerprint density at radius 3 is 2.47 bits per heavy atom. The number of carbonyl (C=O) groups excluding carboxylic acids is 1. The van der Waals surface area contributed by atoms with Gasteiger partial charge in [0.25, 0.3) is 5.91 Å². The third-order valence-electron chi connectivity index (χ3n) is 6.67. The van der Waals surface area contributed by atoms with Crippen molar-refractivity contribution in [1.29, 1.82) is 0 Å². The molecule has 1 amide bonds. The van der Waals surface area contributed by atoms with Gasteiger partial charge in [-0.2, -0.15) is 0 Å². The quantitative estimate of drug-likeness (QED) is 0.471. The zero-order chi connectivity index (χ0) is 25.7. The van der Waals surface area contributed by atoms with Crippen LogP contribution in [-0.2, 0) is 33.4 Å². The van der Waals surface area contributed by atoms with Crippen molar-refractivity contribution in [2.75, 3.05) is 11.5 Å². The highest BCUT2D eigenvalue weighted by Gasteiger charge is 2.54. The standard InChI is InChI=1S/C27H26Cl2N2O4S/c1-26(2,33)18-5-10-24-23(13-18)25(32)31(15-21-9-8-20(29)14-30-21)27(24,17-3-6-19(28)7-4-17)35-22-11-12-36(34)16-22/h3-10,13-14,22,33H,11-12,15-16H2,1-2H3. The first-order valence-electron chi connectivity index (χ1n) is 11.7. The summed E-state index contributed by atoms with van der Waals surface area (Å²) in [7, 11) is -0.975. The van der Waals surface area contributed by atoms with E-state index in [1.54, 1.807) is 55.3 Å². The Hall–Kier alpha value is -2.29. The molecule has 3 aromatic rings. The molecule has 36 heavy (non-hydrogen) atoms. The Bertz CT molecular complexity index is 1330. The molecule has 0 saturated carbocycles. The number of ether oxygens (including phenoxy) is 1. The van der Waals surface area contributed by atoms with Gasteiger partial charge >= 0.3 is 0 Å². The van der Waals surface area contributed by atoms with E-state index in [9.17, 15) is 14.1 Å². The maximum absolute atomic E-state index is 14.1. The van der Waals surface area contributed by atoms with Crippen LogP contribution >= 0.6 is 23.2 Å². The van der Waals surface area contributed by atoms with Gasteiger partial charge in [-0.05, 0) is 56.2 Å². The van der Waals surface area contributed by atoms with Crippen LogP contribution < -0.4 is 0 Å². The van der Waals surface area contributed by atoms with E-state index in [2.05, 4.69) is 4.98 Å². The summed E-state index contributed by atoms with van der Waals surface area (Å²) < 4.78 is 19.1. The second-order valence-electron chi connectivity index (χ2n) is 9.67. The van der Waals surface area contributed by atoms with Crippen LogP contribution in [0.3, 0.4) is 0 Å². The number of fused-ring (bicyclic) bond motifs is 1. The zero-order valence-electron chi connectivity index (χ0n) is 19.9. The van der Waals surface area contributed by atoms with Crippen molar-refractivity contribution in [2.24, 2.45) is 0 Å². The zero-order valence-corrected chi connectivity index (χ0v) is 22.2. The first-order chi connectivity index (χ1) is 17.1. The van der Waals surface area contributed by atoms with Gasteiger partial charge in [0.1, 0.15) is 0 Å². The smallest absolute Gasteiger partial charge is 0.257 e. The monoisotopic (exact) mass is 544 g/mol. The van der Waals surface area contributed by atoms with Gasteiger partial charge < -0.3 is 9.84 Å². The molecule has 2 aliphatic heterocycles. The first-order valence-corrected chi connectivity index (χ1v) is 13.9. The molecule has 2 aliphatic rings. The fourth-order valence-electron chi connectivity index (χ4n) is 4.83. The molecule has 3 unspecified atom stereocenters. The molecule has 6 nitrogen and oxygen atoms in total. The average molecular weight is 545 g/mol. The van der Waals surface area contributed by atoms with Crippen LogP contribution in [0.5, 0.6) is 0 Å². The largest absolute Gasteiger partial charge is 0.386 e. The Balaban J connectivity index is 1.72. The van der Waals surface area contributed by atoms with E-state index < -0.39 is 22.1 Å². The molecule has 0 radical (unpaired) electrons. The Labute approximate surface area is 222 Å². The summed E-state index contributed by atoms with van der Waals surface area (Å²) in [5.74, 6) is 0.702. The lowest BCUT2D eigenvalue weighted by Crippen LogP contribution is -2.48. The Kier molecular flexibility index (Phi) is 6.72. The first kappa shape index (κ1) is 25.4. The highest BCUT2D eigenvalue weighted by Crippen LogP contribution is 2.48. The van der Waals surface area contributed by atoms with Crippen molar-refractivity contribution < 1.29 is 18.8 Å². The van der Waals surface area contributed by atoms with Gasteiger partial charge in [-0.25, -0.2) is 0 Å².